The van der Waals surface area contributed by atoms with E-state index in [4.69, 9.17) is 9.73 Å². The predicted molar refractivity (Wildman–Crippen MR) is 122 cm³/mol. The molecule has 0 saturated carbocycles. The number of piperidine rings is 1. The third-order valence-electron chi connectivity index (χ3n) is 6.05. The molecule has 3 rings (SSSR count). The largest absolute Gasteiger partial charge is 0.495 e. The van der Waals surface area contributed by atoms with E-state index in [1.165, 1.54) is 44.6 Å². The minimum Gasteiger partial charge on any atom is -0.495 e. The van der Waals surface area contributed by atoms with Gasteiger partial charge in [-0.2, -0.15) is 0 Å². The van der Waals surface area contributed by atoms with E-state index in [1.54, 1.807) is 7.11 Å². The number of anilines is 1. The zero-order valence-corrected chi connectivity index (χ0v) is 18.5. The highest BCUT2D eigenvalue weighted by molar-refractivity contribution is 5.80. The average Bonchev–Trinajstić information content (AvgIpc) is 3.21. The van der Waals surface area contributed by atoms with Gasteiger partial charge in [0.1, 0.15) is 5.75 Å². The molecule has 1 unspecified atom stereocenters. The van der Waals surface area contributed by atoms with Gasteiger partial charge in [0, 0.05) is 32.2 Å². The molecule has 2 fully saturated rings. The van der Waals surface area contributed by atoms with Gasteiger partial charge in [0.2, 0.25) is 0 Å². The number of aliphatic imine (C=N–C) groups is 1. The van der Waals surface area contributed by atoms with Crippen LogP contribution < -0.4 is 20.3 Å². The highest BCUT2D eigenvalue weighted by Crippen LogP contribution is 2.30. The fraction of sp³-hybridized carbons (Fsp3) is 0.696. The molecule has 2 N–H and O–H groups in total. The Morgan fingerprint density at radius 1 is 1.14 bits per heavy atom. The number of nitrogens with one attached hydrogen (secondary N) is 2. The van der Waals surface area contributed by atoms with E-state index >= 15 is 0 Å². The first-order valence-corrected chi connectivity index (χ1v) is 11.4. The molecule has 0 amide bonds. The van der Waals surface area contributed by atoms with Crippen molar-refractivity contribution in [1.29, 1.82) is 0 Å². The smallest absolute Gasteiger partial charge is 0.191 e. The standard InChI is InChI=1S/C23H39N5O/c1-4-13-27-14-10-19(11-15-27)17-25-23(24-5-2)26-20-12-16-28(18-20)21-8-6-7-9-22(21)29-3/h6-9,19-20H,4-5,10-18H2,1-3H3,(H2,24,25,26). The minimum absolute atomic E-state index is 0.407. The number of para-hydroxylation sites is 2. The Balaban J connectivity index is 1.51. The lowest BCUT2D eigenvalue weighted by atomic mass is 9.97. The molecule has 0 bridgehead atoms. The monoisotopic (exact) mass is 401 g/mol. The van der Waals surface area contributed by atoms with Crippen LogP contribution in [-0.4, -0.2) is 69.8 Å². The van der Waals surface area contributed by atoms with Gasteiger partial charge in [0.25, 0.3) is 0 Å². The molecule has 0 aliphatic carbocycles. The molecule has 2 heterocycles. The number of nitrogens with zero attached hydrogens (tertiary/aromatic N) is 3. The lowest BCUT2D eigenvalue weighted by molar-refractivity contribution is 0.188. The number of methoxy groups -OCH3 is 1. The Bertz CT molecular complexity index is 642. The second-order valence-electron chi connectivity index (χ2n) is 8.25. The van der Waals surface area contributed by atoms with Gasteiger partial charge in [-0.1, -0.05) is 19.1 Å². The summed E-state index contributed by atoms with van der Waals surface area (Å²) in [6.07, 6.45) is 4.91. The van der Waals surface area contributed by atoms with Gasteiger partial charge >= 0.3 is 0 Å². The molecule has 1 aromatic rings. The third-order valence-corrected chi connectivity index (χ3v) is 6.05. The summed E-state index contributed by atoms with van der Waals surface area (Å²) in [5, 5.41) is 7.11. The van der Waals surface area contributed by atoms with Crippen LogP contribution in [-0.2, 0) is 0 Å². The fourth-order valence-electron chi connectivity index (χ4n) is 4.43. The SMILES string of the molecule is CCCN1CCC(CN=C(NCC)NC2CCN(c3ccccc3OC)C2)CC1. The topological polar surface area (TPSA) is 52.1 Å². The van der Waals surface area contributed by atoms with Crippen LogP contribution in [0, 0.1) is 5.92 Å². The summed E-state index contributed by atoms with van der Waals surface area (Å²) >= 11 is 0. The van der Waals surface area contributed by atoms with E-state index < -0.39 is 0 Å². The van der Waals surface area contributed by atoms with Crippen molar-refractivity contribution in [1.82, 2.24) is 15.5 Å². The lowest BCUT2D eigenvalue weighted by Gasteiger charge is -2.31. The molecule has 6 nitrogen and oxygen atoms in total. The quantitative estimate of drug-likeness (QED) is 0.518. The molecule has 6 heteroatoms. The van der Waals surface area contributed by atoms with Crippen LogP contribution in [0.15, 0.2) is 29.3 Å². The Hall–Kier alpha value is -1.95. The number of guanidine groups is 1. The molecule has 2 aliphatic heterocycles. The maximum Gasteiger partial charge on any atom is 0.191 e. The molecule has 29 heavy (non-hydrogen) atoms. The Morgan fingerprint density at radius 2 is 1.93 bits per heavy atom. The summed E-state index contributed by atoms with van der Waals surface area (Å²) in [7, 11) is 1.74. The van der Waals surface area contributed by atoms with Gasteiger partial charge in [-0.3, -0.25) is 4.99 Å². The Labute approximate surface area is 176 Å². The summed E-state index contributed by atoms with van der Waals surface area (Å²) in [6.45, 7) is 11.9. The van der Waals surface area contributed by atoms with Crippen molar-refractivity contribution in [3.05, 3.63) is 24.3 Å². The van der Waals surface area contributed by atoms with E-state index in [2.05, 4.69) is 46.4 Å². The van der Waals surface area contributed by atoms with Crippen LogP contribution in [0.3, 0.4) is 0 Å². The van der Waals surface area contributed by atoms with Crippen molar-refractivity contribution in [2.24, 2.45) is 10.9 Å². The first-order chi connectivity index (χ1) is 14.2. The van der Waals surface area contributed by atoms with Gasteiger partial charge in [0.05, 0.1) is 12.8 Å². The predicted octanol–water partition coefficient (Wildman–Crippen LogP) is 2.95. The first kappa shape index (κ1) is 21.8. The van der Waals surface area contributed by atoms with Crippen molar-refractivity contribution in [2.45, 2.75) is 45.6 Å². The summed E-state index contributed by atoms with van der Waals surface area (Å²) in [5.74, 6) is 2.63. The van der Waals surface area contributed by atoms with Gasteiger partial charge in [-0.25, -0.2) is 0 Å². The maximum absolute atomic E-state index is 5.54. The van der Waals surface area contributed by atoms with E-state index in [-0.39, 0.29) is 0 Å². The molecule has 2 saturated heterocycles. The molecule has 1 atom stereocenters. The Kier molecular flexibility index (Phi) is 8.47. The van der Waals surface area contributed by atoms with Crippen LogP contribution >= 0.6 is 0 Å². The fourth-order valence-corrected chi connectivity index (χ4v) is 4.43. The van der Waals surface area contributed by atoms with Crippen molar-refractivity contribution < 1.29 is 4.74 Å². The van der Waals surface area contributed by atoms with Crippen LogP contribution in [0.2, 0.25) is 0 Å². The normalized spacial score (nSPS) is 21.4. The van der Waals surface area contributed by atoms with E-state index in [1.807, 2.05) is 12.1 Å². The number of likely N-dealkylation sites (tertiary alicyclic amines) is 1. The third kappa shape index (κ3) is 6.26. The summed E-state index contributed by atoms with van der Waals surface area (Å²) in [4.78, 5) is 9.93. The maximum atomic E-state index is 5.54. The zero-order valence-electron chi connectivity index (χ0n) is 18.5. The van der Waals surface area contributed by atoms with Crippen LogP contribution in [0.1, 0.15) is 39.5 Å². The molecular weight excluding hydrogens is 362 g/mol. The molecule has 2 aliphatic rings. The molecular formula is C23H39N5O. The van der Waals surface area contributed by atoms with Crippen molar-refractivity contribution >= 4 is 11.6 Å². The number of hydrogen-bond donors (Lipinski definition) is 2. The molecule has 1 aromatic carbocycles. The second-order valence-corrected chi connectivity index (χ2v) is 8.25. The first-order valence-electron chi connectivity index (χ1n) is 11.4. The van der Waals surface area contributed by atoms with Crippen molar-refractivity contribution in [2.75, 3.05) is 57.8 Å². The highest BCUT2D eigenvalue weighted by atomic mass is 16.5. The van der Waals surface area contributed by atoms with E-state index in [0.29, 0.717) is 12.0 Å². The van der Waals surface area contributed by atoms with Gasteiger partial charge in [-0.15, -0.1) is 0 Å². The van der Waals surface area contributed by atoms with E-state index in [9.17, 15) is 0 Å². The summed E-state index contributed by atoms with van der Waals surface area (Å²) < 4.78 is 5.54. The molecule has 162 valence electrons. The average molecular weight is 402 g/mol. The highest BCUT2D eigenvalue weighted by Gasteiger charge is 2.25. The van der Waals surface area contributed by atoms with Crippen molar-refractivity contribution in [3.63, 3.8) is 0 Å². The van der Waals surface area contributed by atoms with Crippen LogP contribution in [0.4, 0.5) is 5.69 Å². The molecule has 0 aromatic heterocycles. The molecule has 0 spiro atoms. The van der Waals surface area contributed by atoms with Gasteiger partial charge in [0.15, 0.2) is 5.96 Å². The van der Waals surface area contributed by atoms with Crippen molar-refractivity contribution in [3.8, 4) is 5.75 Å². The van der Waals surface area contributed by atoms with Crippen LogP contribution in [0.25, 0.3) is 0 Å². The van der Waals surface area contributed by atoms with Gasteiger partial charge < -0.3 is 25.2 Å². The Morgan fingerprint density at radius 3 is 2.66 bits per heavy atom. The zero-order chi connectivity index (χ0) is 20.5. The minimum atomic E-state index is 0.407. The summed E-state index contributed by atoms with van der Waals surface area (Å²) in [6, 6.07) is 8.69. The van der Waals surface area contributed by atoms with E-state index in [0.717, 1.165) is 44.3 Å². The van der Waals surface area contributed by atoms with Crippen LogP contribution in [0.5, 0.6) is 5.75 Å². The molecule has 0 radical (unpaired) electrons. The van der Waals surface area contributed by atoms with Gasteiger partial charge in [-0.05, 0) is 70.3 Å². The lowest BCUT2D eigenvalue weighted by Crippen LogP contribution is -2.45. The number of rotatable bonds is 8. The number of hydrogen-bond acceptors (Lipinski definition) is 4. The summed E-state index contributed by atoms with van der Waals surface area (Å²) in [5.41, 5.74) is 1.18. The number of ether oxygens (including phenoxy) is 1. The number of benzene rings is 1. The second kappa shape index (κ2) is 11.3.